The Labute approximate surface area is 158 Å². The molecule has 142 valence electrons. The molecule has 2 saturated heterocycles. The Morgan fingerprint density at radius 2 is 1.89 bits per heavy atom. The molecule has 2 aliphatic rings. The summed E-state index contributed by atoms with van der Waals surface area (Å²) in [7, 11) is 0. The molecule has 0 bridgehead atoms. The van der Waals surface area contributed by atoms with Crippen LogP contribution in [0.3, 0.4) is 0 Å². The molecule has 3 heterocycles. The molecular weight excluding hydrogens is 342 g/mol. The summed E-state index contributed by atoms with van der Waals surface area (Å²) >= 11 is 0. The molecule has 1 aromatic carbocycles. The zero-order valence-corrected chi connectivity index (χ0v) is 15.3. The summed E-state index contributed by atoms with van der Waals surface area (Å²) in [4.78, 5) is 24.4. The van der Waals surface area contributed by atoms with Crippen molar-refractivity contribution in [1.82, 2.24) is 14.9 Å². The van der Waals surface area contributed by atoms with Crippen molar-refractivity contribution in [3.05, 3.63) is 54.0 Å². The highest BCUT2D eigenvalue weighted by molar-refractivity contribution is 5.90. The van der Waals surface area contributed by atoms with Crippen LogP contribution in [0.2, 0.25) is 0 Å². The molecule has 7 nitrogen and oxygen atoms in total. The van der Waals surface area contributed by atoms with Crippen LogP contribution < -0.4 is 10.6 Å². The van der Waals surface area contributed by atoms with E-state index < -0.39 is 11.5 Å². The van der Waals surface area contributed by atoms with Gasteiger partial charge < -0.3 is 15.7 Å². The number of nitrogens with zero attached hydrogens (tertiary/aromatic N) is 4. The summed E-state index contributed by atoms with van der Waals surface area (Å²) in [5, 5.41) is 11.7. The van der Waals surface area contributed by atoms with Gasteiger partial charge in [0.25, 0.3) is 5.91 Å². The second-order valence-electron chi connectivity index (χ2n) is 7.37. The Bertz CT molecular complexity index is 809. The second-order valence-corrected chi connectivity index (χ2v) is 7.37. The van der Waals surface area contributed by atoms with Gasteiger partial charge in [0.1, 0.15) is 17.1 Å². The minimum Gasteiger partial charge on any atom is -0.383 e. The Kier molecular flexibility index (Phi) is 4.80. The molecule has 2 atom stereocenters. The van der Waals surface area contributed by atoms with Crippen LogP contribution in [-0.4, -0.2) is 58.1 Å². The maximum Gasteiger partial charge on any atom is 0.268 e. The number of aromatic nitrogens is 2. The number of likely N-dealkylation sites (tertiary alicyclic amines) is 1. The van der Waals surface area contributed by atoms with Crippen LogP contribution in [0.1, 0.15) is 35.3 Å². The number of carbonyl (C=O) groups excluding carboxylic acids is 1. The van der Waals surface area contributed by atoms with Crippen LogP contribution in [-0.2, 0) is 5.60 Å². The van der Waals surface area contributed by atoms with E-state index in [2.05, 4.69) is 19.8 Å². The normalized spacial score (nSPS) is 26.3. The number of carbonyl (C=O) groups is 1. The standard InChI is InChI=1S/C20H25N5O2/c21-19(26)16-12-22-13-18(23-16)25-11-8-20(27,15-6-2-1-3-7-15)17(14-25)24-9-4-5-10-24/h1-3,6-7,12-13,17,27H,4-5,8-11,14H2,(H2,21,26)/t17-,20+/m1/s1. The number of benzene rings is 1. The minimum absolute atomic E-state index is 0.0461. The smallest absolute Gasteiger partial charge is 0.268 e. The number of primary amides is 1. The molecule has 0 radical (unpaired) electrons. The van der Waals surface area contributed by atoms with Gasteiger partial charge in [-0.05, 0) is 37.9 Å². The van der Waals surface area contributed by atoms with Crippen molar-refractivity contribution in [3.8, 4) is 0 Å². The summed E-state index contributed by atoms with van der Waals surface area (Å²) in [5.41, 5.74) is 5.56. The highest BCUT2D eigenvalue weighted by Crippen LogP contribution is 2.38. The maximum atomic E-state index is 11.7. The zero-order chi connectivity index (χ0) is 18.9. The molecule has 4 rings (SSSR count). The van der Waals surface area contributed by atoms with E-state index in [1.165, 1.54) is 6.20 Å². The van der Waals surface area contributed by atoms with Crippen LogP contribution in [0.25, 0.3) is 0 Å². The quantitative estimate of drug-likeness (QED) is 0.841. The van der Waals surface area contributed by atoms with E-state index in [1.807, 2.05) is 30.3 Å². The second kappa shape index (κ2) is 7.25. The Hall–Kier alpha value is -2.51. The molecule has 2 aromatic rings. The van der Waals surface area contributed by atoms with E-state index in [0.717, 1.165) is 31.5 Å². The van der Waals surface area contributed by atoms with Gasteiger partial charge in [-0.2, -0.15) is 0 Å². The first kappa shape index (κ1) is 17.9. The Morgan fingerprint density at radius 3 is 2.59 bits per heavy atom. The molecule has 1 amide bonds. The lowest BCUT2D eigenvalue weighted by molar-refractivity contribution is -0.0603. The van der Waals surface area contributed by atoms with E-state index in [-0.39, 0.29) is 11.7 Å². The lowest BCUT2D eigenvalue weighted by atomic mass is 9.79. The van der Waals surface area contributed by atoms with Gasteiger partial charge in [0.05, 0.1) is 18.4 Å². The SMILES string of the molecule is NC(=O)c1cncc(N2CC[C@](O)(c3ccccc3)[C@H](N3CCCC3)C2)n1. The topological polar surface area (TPSA) is 95.6 Å². The summed E-state index contributed by atoms with van der Waals surface area (Å²) in [6.07, 6.45) is 5.92. The number of hydrogen-bond donors (Lipinski definition) is 2. The van der Waals surface area contributed by atoms with Gasteiger partial charge in [0.15, 0.2) is 0 Å². The van der Waals surface area contributed by atoms with Gasteiger partial charge in [0.2, 0.25) is 0 Å². The van der Waals surface area contributed by atoms with Gasteiger partial charge in [-0.15, -0.1) is 0 Å². The molecule has 1 aromatic heterocycles. The molecule has 7 heteroatoms. The Balaban J connectivity index is 1.65. The van der Waals surface area contributed by atoms with Gasteiger partial charge in [0, 0.05) is 13.1 Å². The van der Waals surface area contributed by atoms with E-state index >= 15 is 0 Å². The number of hydrogen-bond acceptors (Lipinski definition) is 6. The van der Waals surface area contributed by atoms with Crippen LogP contribution >= 0.6 is 0 Å². The van der Waals surface area contributed by atoms with Crippen LogP contribution in [0, 0.1) is 0 Å². The van der Waals surface area contributed by atoms with Crippen molar-refractivity contribution in [2.24, 2.45) is 5.73 Å². The van der Waals surface area contributed by atoms with Crippen molar-refractivity contribution in [1.29, 1.82) is 0 Å². The van der Waals surface area contributed by atoms with E-state index in [9.17, 15) is 9.90 Å². The number of rotatable bonds is 4. The molecule has 27 heavy (non-hydrogen) atoms. The van der Waals surface area contributed by atoms with Crippen molar-refractivity contribution in [3.63, 3.8) is 0 Å². The zero-order valence-electron chi connectivity index (χ0n) is 15.3. The summed E-state index contributed by atoms with van der Waals surface area (Å²) < 4.78 is 0. The molecule has 0 spiro atoms. The molecule has 0 saturated carbocycles. The fraction of sp³-hybridized carbons (Fsp3) is 0.450. The van der Waals surface area contributed by atoms with Gasteiger partial charge in [-0.25, -0.2) is 4.98 Å². The fourth-order valence-electron chi connectivity index (χ4n) is 4.29. The highest BCUT2D eigenvalue weighted by atomic mass is 16.3. The van der Waals surface area contributed by atoms with Gasteiger partial charge in [-0.3, -0.25) is 14.7 Å². The number of piperidine rings is 1. The third-order valence-electron chi connectivity index (χ3n) is 5.76. The molecule has 2 fully saturated rings. The average molecular weight is 367 g/mol. The minimum atomic E-state index is -0.906. The predicted octanol–water partition coefficient (Wildman–Crippen LogP) is 1.14. The van der Waals surface area contributed by atoms with Crippen LogP contribution in [0.15, 0.2) is 42.7 Å². The van der Waals surface area contributed by atoms with Crippen molar-refractivity contribution >= 4 is 11.7 Å². The van der Waals surface area contributed by atoms with E-state index in [0.29, 0.717) is 25.3 Å². The molecule has 3 N–H and O–H groups in total. The third kappa shape index (κ3) is 3.40. The largest absolute Gasteiger partial charge is 0.383 e. The highest BCUT2D eigenvalue weighted by Gasteiger charge is 2.46. The summed E-state index contributed by atoms with van der Waals surface area (Å²) in [6, 6.07) is 9.89. The number of amides is 1. The molecule has 0 aliphatic carbocycles. The average Bonchev–Trinajstić information content (AvgIpc) is 3.23. The van der Waals surface area contributed by atoms with Crippen molar-refractivity contribution < 1.29 is 9.90 Å². The summed E-state index contributed by atoms with van der Waals surface area (Å²) in [5.74, 6) is 0.0452. The first-order valence-corrected chi connectivity index (χ1v) is 9.47. The summed E-state index contributed by atoms with van der Waals surface area (Å²) in [6.45, 7) is 3.23. The number of aliphatic hydroxyl groups is 1. The van der Waals surface area contributed by atoms with Crippen molar-refractivity contribution in [2.45, 2.75) is 30.9 Å². The van der Waals surface area contributed by atoms with Gasteiger partial charge >= 0.3 is 0 Å². The predicted molar refractivity (Wildman–Crippen MR) is 102 cm³/mol. The Morgan fingerprint density at radius 1 is 1.15 bits per heavy atom. The monoisotopic (exact) mass is 367 g/mol. The van der Waals surface area contributed by atoms with E-state index in [4.69, 9.17) is 5.73 Å². The lowest BCUT2D eigenvalue weighted by Gasteiger charge is -2.48. The first-order valence-electron chi connectivity index (χ1n) is 9.47. The van der Waals surface area contributed by atoms with Crippen molar-refractivity contribution in [2.75, 3.05) is 31.1 Å². The van der Waals surface area contributed by atoms with Gasteiger partial charge in [-0.1, -0.05) is 30.3 Å². The molecular formula is C20H25N5O2. The molecule has 0 unspecified atom stereocenters. The fourth-order valence-corrected chi connectivity index (χ4v) is 4.29. The first-order chi connectivity index (χ1) is 13.1. The molecule has 2 aliphatic heterocycles. The van der Waals surface area contributed by atoms with Crippen LogP contribution in [0.4, 0.5) is 5.82 Å². The number of anilines is 1. The van der Waals surface area contributed by atoms with Crippen LogP contribution in [0.5, 0.6) is 0 Å². The maximum absolute atomic E-state index is 11.7. The third-order valence-corrected chi connectivity index (χ3v) is 5.76. The lowest BCUT2D eigenvalue weighted by Crippen LogP contribution is -2.60. The van der Waals surface area contributed by atoms with E-state index in [1.54, 1.807) is 6.20 Å². The number of nitrogens with two attached hydrogens (primary N) is 1.